The smallest absolute Gasteiger partial charge is 0.263 e. The molecule has 2 fully saturated rings. The summed E-state index contributed by atoms with van der Waals surface area (Å²) < 4.78 is 5.80. The molecule has 2 aliphatic heterocycles. The third-order valence-electron chi connectivity index (χ3n) is 5.61. The van der Waals surface area contributed by atoms with Crippen LogP contribution in [-0.2, 0) is 11.4 Å². The Morgan fingerprint density at radius 2 is 1.89 bits per heavy atom. The number of carbonyl (C=O) groups is 2. The summed E-state index contributed by atoms with van der Waals surface area (Å²) in [6.45, 7) is 1.81. The molecule has 27 heavy (non-hydrogen) atoms. The Bertz CT molecular complexity index is 895. The quantitative estimate of drug-likeness (QED) is 0.885. The van der Waals surface area contributed by atoms with Crippen molar-refractivity contribution >= 4 is 23.2 Å². The fourth-order valence-electron chi connectivity index (χ4n) is 3.85. The van der Waals surface area contributed by atoms with Gasteiger partial charge in [0.2, 0.25) is 5.91 Å². The van der Waals surface area contributed by atoms with Crippen molar-refractivity contribution in [3.8, 4) is 16.2 Å². The van der Waals surface area contributed by atoms with Gasteiger partial charge in [-0.3, -0.25) is 9.59 Å². The van der Waals surface area contributed by atoms with Gasteiger partial charge in [0.1, 0.15) is 12.4 Å². The monoisotopic (exact) mass is 382 g/mol. The van der Waals surface area contributed by atoms with E-state index >= 15 is 0 Å². The molecular formula is C21H22N2O3S. The van der Waals surface area contributed by atoms with Gasteiger partial charge in [0.05, 0.1) is 4.88 Å². The first-order valence-electron chi connectivity index (χ1n) is 9.63. The highest BCUT2D eigenvalue weighted by Crippen LogP contribution is 2.42. The Kier molecular flexibility index (Phi) is 4.16. The number of nitrogens with zero attached hydrogens (tertiary/aromatic N) is 1. The number of hydrogen-bond donors (Lipinski definition) is 1. The topological polar surface area (TPSA) is 58.6 Å². The molecule has 3 aliphatic rings. The molecule has 0 unspecified atom stereocenters. The minimum Gasteiger partial charge on any atom is -0.488 e. The Morgan fingerprint density at radius 3 is 2.67 bits per heavy atom. The molecule has 0 spiro atoms. The zero-order valence-corrected chi connectivity index (χ0v) is 15.9. The van der Waals surface area contributed by atoms with E-state index in [1.165, 1.54) is 0 Å². The number of likely N-dealkylation sites (tertiary alicyclic amines) is 1. The first-order valence-corrected chi connectivity index (χ1v) is 10.5. The number of nitrogens with one attached hydrogen (secondary N) is 1. The van der Waals surface area contributed by atoms with E-state index in [1.54, 1.807) is 11.3 Å². The van der Waals surface area contributed by atoms with Crippen LogP contribution in [0.4, 0.5) is 0 Å². The summed E-state index contributed by atoms with van der Waals surface area (Å²) in [5.41, 5.74) is 2.15. The summed E-state index contributed by atoms with van der Waals surface area (Å²) in [7, 11) is 0. The van der Waals surface area contributed by atoms with Crippen molar-refractivity contribution < 1.29 is 14.3 Å². The molecule has 5 rings (SSSR count). The third kappa shape index (κ3) is 3.23. The van der Waals surface area contributed by atoms with Gasteiger partial charge in [-0.15, -0.1) is 11.3 Å². The van der Waals surface area contributed by atoms with Crippen LogP contribution in [-0.4, -0.2) is 35.8 Å². The van der Waals surface area contributed by atoms with Gasteiger partial charge < -0.3 is 15.0 Å². The summed E-state index contributed by atoms with van der Waals surface area (Å²) in [5, 5.41) is 3.09. The number of amides is 2. The lowest BCUT2D eigenvalue weighted by atomic mass is 9.95. The minimum atomic E-state index is 0.0477. The predicted molar refractivity (Wildman–Crippen MR) is 104 cm³/mol. The average molecular weight is 382 g/mol. The Balaban J connectivity index is 1.27. The van der Waals surface area contributed by atoms with Crippen molar-refractivity contribution in [1.82, 2.24) is 10.2 Å². The van der Waals surface area contributed by atoms with Crippen molar-refractivity contribution in [2.75, 3.05) is 13.1 Å². The lowest BCUT2D eigenvalue weighted by Crippen LogP contribution is -2.43. The zero-order valence-electron chi connectivity index (χ0n) is 15.1. The first-order chi connectivity index (χ1) is 13.2. The van der Waals surface area contributed by atoms with E-state index in [9.17, 15) is 9.59 Å². The maximum atomic E-state index is 13.0. The number of ether oxygens (including phenoxy) is 1. The standard InChI is InChI=1S/C21H22N2O3S/c24-20(22-15-5-6-15)13-7-9-23(10-8-13)21(25)18-11-14-12-26-17-4-2-1-3-16(17)19(14)27-18/h1-4,11,13,15H,5-10,12H2,(H,22,24). The number of fused-ring (bicyclic) bond motifs is 3. The molecule has 0 atom stereocenters. The Hall–Kier alpha value is -2.34. The van der Waals surface area contributed by atoms with Crippen LogP contribution in [0.5, 0.6) is 5.75 Å². The van der Waals surface area contributed by atoms with Gasteiger partial charge in [0.15, 0.2) is 0 Å². The van der Waals surface area contributed by atoms with Gasteiger partial charge in [-0.25, -0.2) is 0 Å². The van der Waals surface area contributed by atoms with Crippen LogP contribution < -0.4 is 10.1 Å². The molecule has 5 nitrogen and oxygen atoms in total. The van der Waals surface area contributed by atoms with E-state index in [1.807, 2.05) is 35.2 Å². The summed E-state index contributed by atoms with van der Waals surface area (Å²) in [4.78, 5) is 29.0. The molecular weight excluding hydrogens is 360 g/mol. The molecule has 140 valence electrons. The highest BCUT2D eigenvalue weighted by molar-refractivity contribution is 7.17. The lowest BCUT2D eigenvalue weighted by molar-refractivity contribution is -0.126. The van der Waals surface area contributed by atoms with Gasteiger partial charge in [-0.2, -0.15) is 0 Å². The van der Waals surface area contributed by atoms with Crippen molar-refractivity contribution in [1.29, 1.82) is 0 Å². The van der Waals surface area contributed by atoms with Crippen LogP contribution in [0.15, 0.2) is 30.3 Å². The highest BCUT2D eigenvalue weighted by Gasteiger charge is 2.32. The molecule has 3 heterocycles. The van der Waals surface area contributed by atoms with Gasteiger partial charge in [0.25, 0.3) is 5.91 Å². The minimum absolute atomic E-state index is 0.0477. The molecule has 1 aliphatic carbocycles. The van der Waals surface area contributed by atoms with Crippen LogP contribution in [0, 0.1) is 5.92 Å². The van der Waals surface area contributed by atoms with Crippen molar-refractivity contribution in [2.45, 2.75) is 38.3 Å². The molecule has 1 aromatic carbocycles. The molecule has 1 saturated heterocycles. The fourth-order valence-corrected chi connectivity index (χ4v) is 5.02. The molecule has 0 bridgehead atoms. The summed E-state index contributed by atoms with van der Waals surface area (Å²) in [6, 6.07) is 10.4. The SMILES string of the molecule is O=C(NC1CC1)C1CCN(C(=O)c2cc3c(s2)-c2ccccc2OC3)CC1. The maximum Gasteiger partial charge on any atom is 0.263 e. The molecule has 2 amide bonds. The number of benzene rings is 1. The number of para-hydroxylation sites is 1. The van der Waals surface area contributed by atoms with E-state index in [4.69, 9.17) is 4.74 Å². The van der Waals surface area contributed by atoms with Gasteiger partial charge in [-0.1, -0.05) is 12.1 Å². The van der Waals surface area contributed by atoms with E-state index < -0.39 is 0 Å². The average Bonchev–Trinajstić information content (AvgIpc) is 3.41. The molecule has 1 N–H and O–H groups in total. The molecule has 0 radical (unpaired) electrons. The molecule has 2 aromatic rings. The maximum absolute atomic E-state index is 13.0. The summed E-state index contributed by atoms with van der Waals surface area (Å²) in [6.07, 6.45) is 3.72. The van der Waals surface area contributed by atoms with Crippen LogP contribution in [0.3, 0.4) is 0 Å². The van der Waals surface area contributed by atoms with E-state index in [-0.39, 0.29) is 17.7 Å². The van der Waals surface area contributed by atoms with Crippen LogP contribution in [0.1, 0.15) is 40.9 Å². The normalized spacial score (nSPS) is 19.0. The van der Waals surface area contributed by atoms with Gasteiger partial charge in [-0.05, 0) is 43.9 Å². The number of rotatable bonds is 3. The summed E-state index contributed by atoms with van der Waals surface area (Å²) in [5.74, 6) is 1.18. The van der Waals surface area contributed by atoms with Crippen molar-refractivity contribution in [2.24, 2.45) is 5.92 Å². The third-order valence-corrected chi connectivity index (χ3v) is 6.81. The van der Waals surface area contributed by atoms with Crippen molar-refractivity contribution in [3.63, 3.8) is 0 Å². The van der Waals surface area contributed by atoms with Crippen LogP contribution in [0.25, 0.3) is 10.4 Å². The number of piperidine rings is 1. The Morgan fingerprint density at radius 1 is 1.11 bits per heavy atom. The number of hydrogen-bond acceptors (Lipinski definition) is 4. The summed E-state index contributed by atoms with van der Waals surface area (Å²) >= 11 is 1.55. The first kappa shape index (κ1) is 16.8. The second kappa shape index (κ2) is 6.68. The van der Waals surface area contributed by atoms with Gasteiger partial charge >= 0.3 is 0 Å². The largest absolute Gasteiger partial charge is 0.488 e. The van der Waals surface area contributed by atoms with E-state index in [2.05, 4.69) is 5.32 Å². The lowest BCUT2D eigenvalue weighted by Gasteiger charge is -2.31. The second-order valence-corrected chi connectivity index (χ2v) is 8.65. The second-order valence-electron chi connectivity index (χ2n) is 7.60. The van der Waals surface area contributed by atoms with E-state index in [0.29, 0.717) is 25.7 Å². The van der Waals surface area contributed by atoms with E-state index in [0.717, 1.165) is 52.3 Å². The zero-order chi connectivity index (χ0) is 18.4. The molecule has 6 heteroatoms. The molecule has 1 aromatic heterocycles. The van der Waals surface area contributed by atoms with Crippen LogP contribution >= 0.6 is 11.3 Å². The van der Waals surface area contributed by atoms with Gasteiger partial charge in [0, 0.05) is 41.1 Å². The number of thiophene rings is 1. The Labute approximate surface area is 162 Å². The van der Waals surface area contributed by atoms with Crippen LogP contribution in [0.2, 0.25) is 0 Å². The fraction of sp³-hybridized carbons (Fsp3) is 0.429. The highest BCUT2D eigenvalue weighted by atomic mass is 32.1. The predicted octanol–water partition coefficient (Wildman–Crippen LogP) is 3.44. The number of carbonyl (C=O) groups excluding carboxylic acids is 2. The van der Waals surface area contributed by atoms with Crippen molar-refractivity contribution in [3.05, 3.63) is 40.8 Å². The molecule has 1 saturated carbocycles.